The molecule has 0 unspecified atom stereocenters. The van der Waals surface area contributed by atoms with E-state index in [-0.39, 0.29) is 0 Å². The molecule has 0 bridgehead atoms. The van der Waals surface area contributed by atoms with Crippen LogP contribution in [0.1, 0.15) is 15.9 Å². The van der Waals surface area contributed by atoms with E-state index < -0.39 is 5.91 Å². The minimum atomic E-state index is -0.453. The molecule has 7 heteroatoms. The number of rotatable bonds is 7. The number of ether oxygens (including phenoxy) is 4. The van der Waals surface area contributed by atoms with Crippen molar-refractivity contribution in [2.24, 2.45) is 5.73 Å². The highest BCUT2D eigenvalue weighted by molar-refractivity contribution is 5.92. The zero-order chi connectivity index (χ0) is 25.0. The van der Waals surface area contributed by atoms with Gasteiger partial charge in [-0.05, 0) is 97.1 Å². The maximum Gasteiger partial charge on any atom is 0.248 e. The van der Waals surface area contributed by atoms with E-state index in [9.17, 15) is 4.79 Å². The lowest BCUT2D eigenvalue weighted by Gasteiger charge is -2.06. The highest BCUT2D eigenvalue weighted by Gasteiger charge is 2.02. The number of nitrogens with two attached hydrogens (primary N) is 1. The van der Waals surface area contributed by atoms with E-state index in [2.05, 4.69) is 6.07 Å². The number of methoxy groups -OCH3 is 2. The summed E-state index contributed by atoms with van der Waals surface area (Å²) in [6, 6.07) is 30.2. The number of nitrogens with zero attached hydrogens (tertiary/aromatic N) is 1. The number of carbonyl (C=O) groups is 1. The van der Waals surface area contributed by atoms with E-state index in [4.69, 9.17) is 29.9 Å². The van der Waals surface area contributed by atoms with Crippen LogP contribution in [0.2, 0.25) is 0 Å². The van der Waals surface area contributed by atoms with Crippen LogP contribution >= 0.6 is 0 Å². The topological polar surface area (TPSA) is 104 Å². The van der Waals surface area contributed by atoms with Crippen molar-refractivity contribution in [2.45, 2.75) is 0 Å². The van der Waals surface area contributed by atoms with Crippen LogP contribution in [0.3, 0.4) is 0 Å². The van der Waals surface area contributed by atoms with Gasteiger partial charge in [0, 0.05) is 5.56 Å². The third kappa shape index (κ3) is 7.55. The number of benzene rings is 4. The summed E-state index contributed by atoms with van der Waals surface area (Å²) in [6.07, 6.45) is 0. The SMILES string of the molecule is COc1ccc(Oc2ccc(C#N)cc2)cc1.COc1ccc(Oc2ccc(C(N)=O)cc2)cc1. The predicted molar refractivity (Wildman–Crippen MR) is 132 cm³/mol. The Balaban J connectivity index is 0.000000196. The molecular weight excluding hydrogens is 444 g/mol. The van der Waals surface area contributed by atoms with E-state index in [1.807, 2.05) is 36.4 Å². The lowest BCUT2D eigenvalue weighted by atomic mass is 10.2. The van der Waals surface area contributed by atoms with E-state index >= 15 is 0 Å². The molecule has 0 radical (unpaired) electrons. The number of carbonyl (C=O) groups excluding carboxylic acids is 1. The highest BCUT2D eigenvalue weighted by Crippen LogP contribution is 2.25. The van der Waals surface area contributed by atoms with Crippen molar-refractivity contribution < 1.29 is 23.7 Å². The van der Waals surface area contributed by atoms with Crippen molar-refractivity contribution in [2.75, 3.05) is 14.2 Å². The highest BCUT2D eigenvalue weighted by atomic mass is 16.5. The van der Waals surface area contributed by atoms with E-state index in [0.717, 1.165) is 17.2 Å². The summed E-state index contributed by atoms with van der Waals surface area (Å²) in [7, 11) is 3.23. The van der Waals surface area contributed by atoms with Crippen LogP contribution < -0.4 is 24.7 Å². The Morgan fingerprint density at radius 1 is 0.600 bits per heavy atom. The summed E-state index contributed by atoms with van der Waals surface area (Å²) in [5, 5.41) is 8.67. The quantitative estimate of drug-likeness (QED) is 0.360. The molecule has 0 aromatic heterocycles. The van der Waals surface area contributed by atoms with Crippen LogP contribution in [0.25, 0.3) is 0 Å². The zero-order valence-corrected chi connectivity index (χ0v) is 19.3. The lowest BCUT2D eigenvalue weighted by Crippen LogP contribution is -2.10. The minimum Gasteiger partial charge on any atom is -0.497 e. The van der Waals surface area contributed by atoms with Crippen molar-refractivity contribution in [3.63, 3.8) is 0 Å². The molecule has 7 nitrogen and oxygen atoms in total. The molecule has 35 heavy (non-hydrogen) atoms. The average Bonchev–Trinajstić information content (AvgIpc) is 2.91. The van der Waals surface area contributed by atoms with Crippen LogP contribution in [-0.4, -0.2) is 20.1 Å². The minimum absolute atomic E-state index is 0.453. The lowest BCUT2D eigenvalue weighted by molar-refractivity contribution is 0.100. The first kappa shape index (κ1) is 24.7. The van der Waals surface area contributed by atoms with E-state index in [0.29, 0.717) is 28.4 Å². The van der Waals surface area contributed by atoms with Gasteiger partial charge in [0.15, 0.2) is 0 Å². The first-order chi connectivity index (χ1) is 17.0. The molecule has 0 heterocycles. The summed E-state index contributed by atoms with van der Waals surface area (Å²) in [5.74, 6) is 3.88. The standard InChI is InChI=1S/C14H13NO3.C14H11NO2/c1-17-11-6-8-13(9-7-11)18-12-4-2-10(3-5-12)14(15)16;1-16-12-6-8-14(9-7-12)17-13-4-2-11(10-15)3-5-13/h2-9H,1H3,(H2,15,16);2-9H,1H3. The second kappa shape index (κ2) is 12.3. The van der Waals surface area contributed by atoms with Crippen molar-refractivity contribution in [1.82, 2.24) is 0 Å². The van der Waals surface area contributed by atoms with Gasteiger partial charge < -0.3 is 24.7 Å². The fraction of sp³-hybridized carbons (Fsp3) is 0.0714. The molecule has 0 aliphatic heterocycles. The van der Waals surface area contributed by atoms with Gasteiger partial charge in [-0.25, -0.2) is 0 Å². The number of nitriles is 1. The van der Waals surface area contributed by atoms with Crippen LogP contribution in [0.4, 0.5) is 0 Å². The summed E-state index contributed by atoms with van der Waals surface area (Å²) in [6.45, 7) is 0. The van der Waals surface area contributed by atoms with Gasteiger partial charge in [0.05, 0.1) is 25.9 Å². The zero-order valence-electron chi connectivity index (χ0n) is 19.3. The van der Waals surface area contributed by atoms with Gasteiger partial charge in [0.2, 0.25) is 5.91 Å². The molecule has 0 aliphatic rings. The molecule has 4 aromatic carbocycles. The molecule has 0 fully saturated rings. The Bertz CT molecular complexity index is 1260. The monoisotopic (exact) mass is 468 g/mol. The van der Waals surface area contributed by atoms with Crippen LogP contribution in [-0.2, 0) is 0 Å². The van der Waals surface area contributed by atoms with Crippen molar-refractivity contribution in [1.29, 1.82) is 5.26 Å². The molecule has 0 saturated heterocycles. The number of hydrogen-bond acceptors (Lipinski definition) is 6. The number of amides is 1. The van der Waals surface area contributed by atoms with Crippen LogP contribution in [0.15, 0.2) is 97.1 Å². The van der Waals surface area contributed by atoms with Gasteiger partial charge in [-0.15, -0.1) is 0 Å². The van der Waals surface area contributed by atoms with Gasteiger partial charge in [-0.3, -0.25) is 4.79 Å². The van der Waals surface area contributed by atoms with Crippen LogP contribution in [0, 0.1) is 11.3 Å². The largest absolute Gasteiger partial charge is 0.497 e. The predicted octanol–water partition coefficient (Wildman–Crippen LogP) is 5.95. The Kier molecular flexibility index (Phi) is 8.69. The van der Waals surface area contributed by atoms with E-state index in [1.54, 1.807) is 74.9 Å². The molecule has 0 saturated carbocycles. The summed E-state index contributed by atoms with van der Waals surface area (Å²) >= 11 is 0. The molecule has 0 atom stereocenters. The molecule has 4 aromatic rings. The third-order valence-corrected chi connectivity index (χ3v) is 4.71. The second-order valence-corrected chi connectivity index (χ2v) is 7.08. The first-order valence-electron chi connectivity index (χ1n) is 10.5. The van der Waals surface area contributed by atoms with Crippen LogP contribution in [0.5, 0.6) is 34.5 Å². The molecule has 0 spiro atoms. The first-order valence-corrected chi connectivity index (χ1v) is 10.5. The maximum absolute atomic E-state index is 10.9. The fourth-order valence-corrected chi connectivity index (χ4v) is 2.84. The second-order valence-electron chi connectivity index (χ2n) is 7.08. The molecule has 2 N–H and O–H groups in total. The Morgan fingerprint density at radius 3 is 1.23 bits per heavy atom. The smallest absolute Gasteiger partial charge is 0.248 e. The molecule has 1 amide bonds. The van der Waals surface area contributed by atoms with Gasteiger partial charge in [0.25, 0.3) is 0 Å². The summed E-state index contributed by atoms with van der Waals surface area (Å²) < 4.78 is 21.3. The van der Waals surface area contributed by atoms with Gasteiger partial charge in [0.1, 0.15) is 34.5 Å². The summed E-state index contributed by atoms with van der Waals surface area (Å²) in [5.41, 5.74) is 6.23. The van der Waals surface area contributed by atoms with Gasteiger partial charge in [-0.2, -0.15) is 5.26 Å². The fourth-order valence-electron chi connectivity index (χ4n) is 2.84. The Hall–Kier alpha value is -4.96. The Labute approximate surface area is 203 Å². The molecular formula is C28H24N2O5. The normalized spacial score (nSPS) is 9.63. The van der Waals surface area contributed by atoms with Crippen molar-refractivity contribution >= 4 is 5.91 Å². The maximum atomic E-state index is 10.9. The molecule has 4 rings (SSSR count). The van der Waals surface area contributed by atoms with E-state index in [1.165, 1.54) is 0 Å². The summed E-state index contributed by atoms with van der Waals surface area (Å²) in [4.78, 5) is 10.9. The van der Waals surface area contributed by atoms with Crippen molar-refractivity contribution in [3.8, 4) is 40.6 Å². The van der Waals surface area contributed by atoms with Gasteiger partial charge >= 0.3 is 0 Å². The molecule has 0 aliphatic carbocycles. The third-order valence-electron chi connectivity index (χ3n) is 4.71. The van der Waals surface area contributed by atoms with Gasteiger partial charge in [-0.1, -0.05) is 0 Å². The number of hydrogen-bond donors (Lipinski definition) is 1. The molecule has 176 valence electrons. The van der Waals surface area contributed by atoms with Crippen molar-refractivity contribution in [3.05, 3.63) is 108 Å². The average molecular weight is 469 g/mol. The Morgan fingerprint density at radius 2 is 0.914 bits per heavy atom. The number of primary amides is 1.